The number of nitrogens with zero attached hydrogens (tertiary/aromatic N) is 3. The van der Waals surface area contributed by atoms with Crippen molar-refractivity contribution in [1.29, 1.82) is 0 Å². The zero-order valence-corrected chi connectivity index (χ0v) is 12.1. The molecule has 0 atom stereocenters. The predicted molar refractivity (Wildman–Crippen MR) is 87.4 cm³/mol. The van der Waals surface area contributed by atoms with Crippen LogP contribution in [-0.4, -0.2) is 21.6 Å². The van der Waals surface area contributed by atoms with Gasteiger partial charge in [0.05, 0.1) is 23.2 Å². The van der Waals surface area contributed by atoms with E-state index in [0.717, 1.165) is 10.6 Å². The van der Waals surface area contributed by atoms with Gasteiger partial charge < -0.3 is 4.98 Å². The highest BCUT2D eigenvalue weighted by Gasteiger charge is 2.29. The van der Waals surface area contributed by atoms with Crippen molar-refractivity contribution in [1.82, 2.24) is 9.97 Å². The molecule has 1 N–H and O–H groups in total. The van der Waals surface area contributed by atoms with Crippen LogP contribution in [-0.2, 0) is 4.79 Å². The highest BCUT2D eigenvalue weighted by molar-refractivity contribution is 6.19. The van der Waals surface area contributed by atoms with Crippen molar-refractivity contribution in [2.45, 2.75) is 6.42 Å². The Morgan fingerprint density at radius 2 is 1.70 bits per heavy atom. The maximum Gasteiger partial charge on any atom is 0.293 e. The quantitative estimate of drug-likeness (QED) is 0.787. The second kappa shape index (κ2) is 5.17. The second-order valence-electron chi connectivity index (χ2n) is 5.20. The molecule has 0 fully saturated rings. The van der Waals surface area contributed by atoms with Gasteiger partial charge in [0.25, 0.3) is 11.5 Å². The van der Waals surface area contributed by atoms with Crippen molar-refractivity contribution in [2.24, 2.45) is 5.10 Å². The molecule has 0 saturated carbocycles. The van der Waals surface area contributed by atoms with Crippen molar-refractivity contribution in [3.63, 3.8) is 0 Å². The van der Waals surface area contributed by atoms with Gasteiger partial charge >= 0.3 is 0 Å². The first-order chi connectivity index (χ1) is 11.2. The van der Waals surface area contributed by atoms with Crippen molar-refractivity contribution < 1.29 is 4.79 Å². The number of anilines is 1. The number of amides is 1. The van der Waals surface area contributed by atoms with Crippen LogP contribution in [0.5, 0.6) is 0 Å². The molecule has 6 heteroatoms. The molecule has 2 aromatic carbocycles. The number of aromatic nitrogens is 2. The lowest BCUT2D eigenvalue weighted by atomic mass is 10.1. The first-order valence-electron chi connectivity index (χ1n) is 7.17. The molecule has 0 aliphatic carbocycles. The van der Waals surface area contributed by atoms with E-state index in [4.69, 9.17) is 0 Å². The van der Waals surface area contributed by atoms with Crippen molar-refractivity contribution >= 4 is 28.5 Å². The van der Waals surface area contributed by atoms with E-state index in [0.29, 0.717) is 16.7 Å². The summed E-state index contributed by atoms with van der Waals surface area (Å²) in [6, 6.07) is 16.6. The third-order valence-corrected chi connectivity index (χ3v) is 3.66. The number of rotatable bonds is 2. The molecule has 112 valence electrons. The molecule has 6 nitrogen and oxygen atoms in total. The van der Waals surface area contributed by atoms with Crippen molar-refractivity contribution in [2.75, 3.05) is 5.01 Å². The van der Waals surface area contributed by atoms with Gasteiger partial charge in [-0.1, -0.05) is 42.5 Å². The van der Waals surface area contributed by atoms with Crippen LogP contribution >= 0.6 is 0 Å². The number of benzene rings is 2. The molecule has 2 heterocycles. The van der Waals surface area contributed by atoms with Crippen LogP contribution in [0.15, 0.2) is 64.5 Å². The first-order valence-corrected chi connectivity index (χ1v) is 7.17. The summed E-state index contributed by atoms with van der Waals surface area (Å²) in [5.41, 5.74) is 2.29. The summed E-state index contributed by atoms with van der Waals surface area (Å²) in [4.78, 5) is 31.5. The van der Waals surface area contributed by atoms with E-state index in [1.54, 1.807) is 12.1 Å². The standard InChI is InChI=1S/C17H12N4O2/c22-15-10-14(11-6-2-1-3-7-11)20-21(15)16-17(23)19-13-9-5-4-8-12(13)18-16/h1-9H,10H2,(H,19,23). The monoisotopic (exact) mass is 304 g/mol. The summed E-state index contributed by atoms with van der Waals surface area (Å²) in [6.45, 7) is 0. The molecule has 0 saturated heterocycles. The maximum atomic E-state index is 12.3. The van der Waals surface area contributed by atoms with Gasteiger partial charge in [0, 0.05) is 0 Å². The van der Waals surface area contributed by atoms with Gasteiger partial charge in [-0.15, -0.1) is 0 Å². The second-order valence-corrected chi connectivity index (χ2v) is 5.20. The Bertz CT molecular complexity index is 992. The third-order valence-electron chi connectivity index (χ3n) is 3.66. The normalized spacial score (nSPS) is 14.3. The van der Waals surface area contributed by atoms with Gasteiger partial charge in [0.15, 0.2) is 0 Å². The van der Waals surface area contributed by atoms with E-state index < -0.39 is 5.56 Å². The first kappa shape index (κ1) is 13.4. The molecular formula is C17H12N4O2. The van der Waals surface area contributed by atoms with Gasteiger partial charge in [-0.3, -0.25) is 9.59 Å². The number of hydrogen-bond acceptors (Lipinski definition) is 4. The van der Waals surface area contributed by atoms with Crippen LogP contribution in [0.3, 0.4) is 0 Å². The molecule has 1 aliphatic rings. The molecule has 0 spiro atoms. The number of aromatic amines is 1. The fraction of sp³-hybridized carbons (Fsp3) is 0.0588. The zero-order chi connectivity index (χ0) is 15.8. The van der Waals surface area contributed by atoms with Crippen LogP contribution in [0.2, 0.25) is 0 Å². The van der Waals surface area contributed by atoms with E-state index in [1.165, 1.54) is 0 Å². The molecule has 1 amide bonds. The largest absolute Gasteiger partial charge is 0.317 e. The topological polar surface area (TPSA) is 78.4 Å². The van der Waals surface area contributed by atoms with Crippen LogP contribution in [0.4, 0.5) is 5.82 Å². The van der Waals surface area contributed by atoms with Gasteiger partial charge in [-0.25, -0.2) is 4.98 Å². The number of para-hydroxylation sites is 2. The number of carbonyl (C=O) groups is 1. The molecule has 0 bridgehead atoms. The molecule has 23 heavy (non-hydrogen) atoms. The lowest BCUT2D eigenvalue weighted by Gasteiger charge is -2.09. The number of fused-ring (bicyclic) bond motifs is 1. The Morgan fingerprint density at radius 3 is 2.52 bits per heavy atom. The predicted octanol–water partition coefficient (Wildman–Crippen LogP) is 2.06. The van der Waals surface area contributed by atoms with Crippen molar-refractivity contribution in [3.8, 4) is 0 Å². The molecule has 3 aromatic rings. The molecular weight excluding hydrogens is 292 g/mol. The minimum absolute atomic E-state index is 0.000342. The minimum atomic E-state index is -0.435. The summed E-state index contributed by atoms with van der Waals surface area (Å²) in [7, 11) is 0. The average Bonchev–Trinajstić information content (AvgIpc) is 2.97. The number of nitrogens with one attached hydrogen (secondary N) is 1. The lowest BCUT2D eigenvalue weighted by Crippen LogP contribution is -2.28. The Labute approximate surface area is 131 Å². The number of hydrazone groups is 1. The lowest BCUT2D eigenvalue weighted by molar-refractivity contribution is -0.116. The van der Waals surface area contributed by atoms with Gasteiger partial charge in [-0.2, -0.15) is 10.1 Å². The van der Waals surface area contributed by atoms with E-state index >= 15 is 0 Å². The third kappa shape index (κ3) is 2.30. The van der Waals surface area contributed by atoms with Gasteiger partial charge in [0.1, 0.15) is 0 Å². The van der Waals surface area contributed by atoms with Gasteiger partial charge in [-0.05, 0) is 17.7 Å². The minimum Gasteiger partial charge on any atom is -0.317 e. The summed E-state index contributed by atoms with van der Waals surface area (Å²) < 4.78 is 0. The van der Waals surface area contributed by atoms with Crippen LogP contribution < -0.4 is 10.6 Å². The summed E-state index contributed by atoms with van der Waals surface area (Å²) in [5.74, 6) is -0.267. The fourth-order valence-electron chi connectivity index (χ4n) is 2.55. The number of H-pyrrole nitrogens is 1. The Morgan fingerprint density at radius 1 is 0.957 bits per heavy atom. The summed E-state index contributed by atoms with van der Waals surface area (Å²) in [6.07, 6.45) is 0.151. The Kier molecular flexibility index (Phi) is 3.01. The highest BCUT2D eigenvalue weighted by Crippen LogP contribution is 2.20. The SMILES string of the molecule is O=C1CC(c2ccccc2)=NN1c1nc2ccccc2[nH]c1=O. The number of hydrogen-bond donors (Lipinski definition) is 1. The maximum absolute atomic E-state index is 12.3. The Hall–Kier alpha value is -3.28. The Balaban J connectivity index is 1.81. The van der Waals surface area contributed by atoms with Crippen molar-refractivity contribution in [3.05, 3.63) is 70.5 Å². The molecule has 0 unspecified atom stereocenters. The summed E-state index contributed by atoms with van der Waals surface area (Å²) >= 11 is 0. The van der Waals surface area contributed by atoms with E-state index in [1.807, 2.05) is 42.5 Å². The molecule has 0 radical (unpaired) electrons. The van der Waals surface area contributed by atoms with Crippen LogP contribution in [0, 0.1) is 0 Å². The van der Waals surface area contributed by atoms with E-state index in [-0.39, 0.29) is 18.1 Å². The van der Waals surface area contributed by atoms with Crippen LogP contribution in [0.25, 0.3) is 11.0 Å². The van der Waals surface area contributed by atoms with Gasteiger partial charge in [0.2, 0.25) is 5.82 Å². The smallest absolute Gasteiger partial charge is 0.293 e. The van der Waals surface area contributed by atoms with Crippen LogP contribution in [0.1, 0.15) is 12.0 Å². The molecule has 4 rings (SSSR count). The van der Waals surface area contributed by atoms with E-state index in [9.17, 15) is 9.59 Å². The number of carbonyl (C=O) groups excluding carboxylic acids is 1. The zero-order valence-electron chi connectivity index (χ0n) is 12.1. The molecule has 1 aliphatic heterocycles. The highest BCUT2D eigenvalue weighted by atomic mass is 16.2. The average molecular weight is 304 g/mol. The summed E-state index contributed by atoms with van der Waals surface area (Å²) in [5, 5.41) is 5.39. The fourth-order valence-corrected chi connectivity index (χ4v) is 2.55. The van der Waals surface area contributed by atoms with E-state index in [2.05, 4.69) is 15.1 Å². The molecule has 1 aromatic heterocycles.